The first kappa shape index (κ1) is 28.1. The Morgan fingerprint density at radius 2 is 1.83 bits per heavy atom. The summed E-state index contributed by atoms with van der Waals surface area (Å²) in [6, 6.07) is 2.80. The molecule has 0 bridgehead atoms. The quantitative estimate of drug-likeness (QED) is 0.449. The van der Waals surface area contributed by atoms with Gasteiger partial charge in [-0.1, -0.05) is 18.2 Å². The number of nitrogens with one attached hydrogen (secondary N) is 2. The lowest BCUT2D eigenvalue weighted by Gasteiger charge is -2.43. The third kappa shape index (κ3) is 7.42. The van der Waals surface area contributed by atoms with Gasteiger partial charge in [0.05, 0.1) is 13.7 Å². The monoisotopic (exact) mass is 491 g/mol. The highest BCUT2D eigenvalue weighted by molar-refractivity contribution is 5.93. The smallest absolute Gasteiger partial charge is 0.408 e. The van der Waals surface area contributed by atoms with Crippen molar-refractivity contribution in [3.05, 3.63) is 34.9 Å². The fraction of sp³-hybridized carbons (Fsp3) is 0.600. The van der Waals surface area contributed by atoms with Crippen LogP contribution in [0.4, 0.5) is 4.79 Å². The maximum Gasteiger partial charge on any atom is 0.408 e. The number of hydrogen-bond acceptors (Lipinski definition) is 7. The van der Waals surface area contributed by atoms with Crippen molar-refractivity contribution in [3.63, 3.8) is 0 Å². The van der Waals surface area contributed by atoms with Crippen molar-refractivity contribution in [2.45, 2.75) is 77.6 Å². The van der Waals surface area contributed by atoms with Gasteiger partial charge in [-0.3, -0.25) is 14.4 Å². The van der Waals surface area contributed by atoms with Crippen molar-refractivity contribution in [3.8, 4) is 0 Å². The van der Waals surface area contributed by atoms with Crippen LogP contribution in [0.25, 0.3) is 0 Å². The Labute approximate surface area is 206 Å². The summed E-state index contributed by atoms with van der Waals surface area (Å²) in [5, 5.41) is 15.0. The third-order valence-corrected chi connectivity index (χ3v) is 6.00. The van der Waals surface area contributed by atoms with Gasteiger partial charge in [0.1, 0.15) is 24.2 Å². The van der Waals surface area contributed by atoms with Gasteiger partial charge in [0.15, 0.2) is 0 Å². The number of aryl methyl sites for hydroxylation is 1. The summed E-state index contributed by atoms with van der Waals surface area (Å²) in [6.07, 6.45) is 1.36. The summed E-state index contributed by atoms with van der Waals surface area (Å²) >= 11 is 0. The number of nitrogens with zero attached hydrogens (tertiary/aromatic N) is 1. The fourth-order valence-electron chi connectivity index (χ4n) is 3.81. The minimum atomic E-state index is -1.31. The van der Waals surface area contributed by atoms with Gasteiger partial charge in [0.2, 0.25) is 11.8 Å². The molecular weight excluding hydrogens is 454 g/mol. The van der Waals surface area contributed by atoms with Crippen molar-refractivity contribution in [2.24, 2.45) is 0 Å². The second-order valence-electron chi connectivity index (χ2n) is 9.70. The number of ether oxygens (including phenoxy) is 2. The topological polar surface area (TPSA) is 134 Å². The molecule has 35 heavy (non-hydrogen) atoms. The maximum atomic E-state index is 13.7. The van der Waals surface area contributed by atoms with Crippen LogP contribution in [0.2, 0.25) is 0 Å². The highest BCUT2D eigenvalue weighted by Gasteiger charge is 2.42. The first-order valence-electron chi connectivity index (χ1n) is 11.7. The Hall–Kier alpha value is -3.14. The second-order valence-corrected chi connectivity index (χ2v) is 9.70. The van der Waals surface area contributed by atoms with Crippen molar-refractivity contribution >= 4 is 23.9 Å². The van der Waals surface area contributed by atoms with E-state index in [4.69, 9.17) is 4.74 Å². The molecule has 2 unspecified atom stereocenters. The van der Waals surface area contributed by atoms with E-state index in [9.17, 15) is 24.3 Å². The molecule has 2 atom stereocenters. The zero-order chi connectivity index (χ0) is 26.3. The van der Waals surface area contributed by atoms with Crippen molar-refractivity contribution in [2.75, 3.05) is 20.3 Å². The SMILES string of the molecule is COC(=O)CNC(=O)C(c1cccc(C)c1C)N(C(=O)C(CO)NC(=O)OC(C)(C)C)C1CCC1. The first-order valence-corrected chi connectivity index (χ1v) is 11.7. The summed E-state index contributed by atoms with van der Waals surface area (Å²) in [4.78, 5) is 52.6. The fourth-order valence-corrected chi connectivity index (χ4v) is 3.81. The second kappa shape index (κ2) is 12.0. The standard InChI is InChI=1S/C25H37N3O7/c1-15-9-7-12-18(16(15)2)21(22(31)26-13-20(30)34-6)28(17-10-8-11-17)23(32)19(14-29)27-24(33)35-25(3,4)5/h7,9,12,17,19,21,29H,8,10-11,13-14H2,1-6H3,(H,26,31)(H,27,33). The molecule has 2 rings (SSSR count). The summed E-state index contributed by atoms with van der Waals surface area (Å²) in [5.74, 6) is -1.79. The van der Waals surface area contributed by atoms with E-state index in [1.807, 2.05) is 19.9 Å². The molecular formula is C25H37N3O7. The summed E-state index contributed by atoms with van der Waals surface area (Å²) in [6.45, 7) is 7.78. The van der Waals surface area contributed by atoms with Crippen LogP contribution in [-0.4, -0.2) is 71.8 Å². The van der Waals surface area contributed by atoms with Crippen molar-refractivity contribution < 1.29 is 33.8 Å². The number of alkyl carbamates (subject to hydrolysis) is 1. The van der Waals surface area contributed by atoms with Gasteiger partial charge in [0, 0.05) is 6.04 Å². The summed E-state index contributed by atoms with van der Waals surface area (Å²) in [5.41, 5.74) is 1.56. The van der Waals surface area contributed by atoms with E-state index in [0.29, 0.717) is 18.4 Å². The van der Waals surface area contributed by atoms with Gasteiger partial charge < -0.3 is 30.1 Å². The van der Waals surface area contributed by atoms with Crippen LogP contribution >= 0.6 is 0 Å². The van der Waals surface area contributed by atoms with Crippen molar-refractivity contribution in [1.29, 1.82) is 0 Å². The molecule has 10 nitrogen and oxygen atoms in total. The lowest BCUT2D eigenvalue weighted by Crippen LogP contribution is -2.58. The number of amides is 3. The average molecular weight is 492 g/mol. The molecule has 1 fully saturated rings. The lowest BCUT2D eigenvalue weighted by atomic mass is 9.87. The number of aliphatic hydroxyl groups excluding tert-OH is 1. The van der Waals surface area contributed by atoms with Crippen LogP contribution in [0.15, 0.2) is 18.2 Å². The number of esters is 1. The zero-order valence-electron chi connectivity index (χ0n) is 21.3. The lowest BCUT2D eigenvalue weighted by molar-refractivity contribution is -0.149. The number of carbonyl (C=O) groups excluding carboxylic acids is 4. The number of methoxy groups -OCH3 is 1. The molecule has 0 spiro atoms. The predicted molar refractivity (Wildman–Crippen MR) is 128 cm³/mol. The molecule has 1 aliphatic rings. The Morgan fingerprint density at radius 3 is 2.34 bits per heavy atom. The molecule has 0 aliphatic heterocycles. The maximum absolute atomic E-state index is 13.7. The van der Waals surface area contributed by atoms with E-state index < -0.39 is 48.2 Å². The van der Waals surface area contributed by atoms with Gasteiger partial charge in [-0.05, 0) is 70.6 Å². The molecule has 0 heterocycles. The molecule has 194 valence electrons. The normalized spacial score (nSPS) is 15.3. The van der Waals surface area contributed by atoms with E-state index in [1.54, 1.807) is 32.9 Å². The largest absolute Gasteiger partial charge is 0.468 e. The van der Waals surface area contributed by atoms with Gasteiger partial charge in [-0.15, -0.1) is 0 Å². The average Bonchev–Trinajstić information content (AvgIpc) is 2.75. The molecule has 3 amide bonds. The van der Waals surface area contributed by atoms with Crippen LogP contribution in [-0.2, 0) is 23.9 Å². The van der Waals surface area contributed by atoms with E-state index >= 15 is 0 Å². The van der Waals surface area contributed by atoms with Gasteiger partial charge >= 0.3 is 12.1 Å². The summed E-state index contributed by atoms with van der Waals surface area (Å²) < 4.78 is 9.87. The van der Waals surface area contributed by atoms with E-state index in [-0.39, 0.29) is 12.6 Å². The highest BCUT2D eigenvalue weighted by Crippen LogP contribution is 2.35. The van der Waals surface area contributed by atoms with Crippen LogP contribution in [0.1, 0.15) is 62.8 Å². The van der Waals surface area contributed by atoms with Gasteiger partial charge in [-0.2, -0.15) is 0 Å². The number of carbonyl (C=O) groups is 4. The van der Waals surface area contributed by atoms with Crippen LogP contribution in [0.3, 0.4) is 0 Å². The minimum Gasteiger partial charge on any atom is -0.468 e. The summed E-state index contributed by atoms with van der Waals surface area (Å²) in [7, 11) is 1.22. The molecule has 1 aliphatic carbocycles. The molecule has 3 N–H and O–H groups in total. The molecule has 0 saturated heterocycles. The Kier molecular flexibility index (Phi) is 9.64. The van der Waals surface area contributed by atoms with Crippen LogP contribution in [0.5, 0.6) is 0 Å². The number of aliphatic hydroxyl groups is 1. The number of hydrogen-bond donors (Lipinski definition) is 3. The number of rotatable bonds is 9. The van der Waals surface area contributed by atoms with Crippen molar-refractivity contribution in [1.82, 2.24) is 15.5 Å². The zero-order valence-corrected chi connectivity index (χ0v) is 21.3. The molecule has 1 aromatic carbocycles. The molecule has 1 aromatic rings. The van der Waals surface area contributed by atoms with Gasteiger partial charge in [-0.25, -0.2) is 4.79 Å². The van der Waals surface area contributed by atoms with Gasteiger partial charge in [0.25, 0.3) is 0 Å². The van der Waals surface area contributed by atoms with E-state index in [2.05, 4.69) is 15.4 Å². The Morgan fingerprint density at radius 1 is 1.17 bits per heavy atom. The minimum absolute atomic E-state index is 0.272. The highest BCUT2D eigenvalue weighted by atomic mass is 16.6. The predicted octanol–water partition coefficient (Wildman–Crippen LogP) is 1.90. The Balaban J connectivity index is 2.47. The van der Waals surface area contributed by atoms with E-state index in [1.165, 1.54) is 12.0 Å². The Bertz CT molecular complexity index is 937. The third-order valence-electron chi connectivity index (χ3n) is 6.00. The van der Waals surface area contributed by atoms with Crippen LogP contribution < -0.4 is 10.6 Å². The van der Waals surface area contributed by atoms with E-state index in [0.717, 1.165) is 17.5 Å². The molecule has 10 heteroatoms. The first-order chi connectivity index (χ1) is 16.4. The molecule has 1 saturated carbocycles. The molecule has 0 aromatic heterocycles. The van der Waals surface area contributed by atoms with Crippen LogP contribution in [0, 0.1) is 13.8 Å². The molecule has 0 radical (unpaired) electrons. The number of benzene rings is 1.